The monoisotopic (exact) mass is 402 g/mol. The fraction of sp³-hybridized carbons (Fsp3) is 0.222. The molecule has 0 fully saturated rings. The van der Waals surface area contributed by atoms with Gasteiger partial charge in [0.2, 0.25) is 5.91 Å². The lowest BCUT2D eigenvalue weighted by Crippen LogP contribution is -2.35. The van der Waals surface area contributed by atoms with Gasteiger partial charge in [0.15, 0.2) is 0 Å². The van der Waals surface area contributed by atoms with E-state index in [4.69, 9.17) is 11.6 Å². The highest BCUT2D eigenvalue weighted by Gasteiger charge is 2.33. The van der Waals surface area contributed by atoms with E-state index in [1.165, 1.54) is 25.2 Å². The Hall–Kier alpha value is -2.61. The number of hydrogen-bond acceptors (Lipinski definition) is 2. The van der Waals surface area contributed by atoms with E-state index >= 15 is 0 Å². The number of hydrogen-bond donors (Lipinski definition) is 1. The normalized spacial score (nSPS) is 11.2. The van der Waals surface area contributed by atoms with E-state index in [2.05, 4.69) is 5.32 Å². The first kappa shape index (κ1) is 20.7. The second-order valence-corrected chi connectivity index (χ2v) is 6.27. The number of anilines is 1. The summed E-state index contributed by atoms with van der Waals surface area (Å²) < 4.78 is 51.9. The first-order chi connectivity index (χ1) is 12.5. The highest BCUT2D eigenvalue weighted by Crippen LogP contribution is 2.36. The van der Waals surface area contributed by atoms with Crippen molar-refractivity contribution in [1.82, 2.24) is 4.90 Å². The zero-order chi connectivity index (χ0) is 20.4. The minimum atomic E-state index is -4.67. The molecule has 27 heavy (non-hydrogen) atoms. The van der Waals surface area contributed by atoms with Gasteiger partial charge in [0.25, 0.3) is 5.91 Å². The van der Waals surface area contributed by atoms with Gasteiger partial charge in [0.1, 0.15) is 5.82 Å². The number of amides is 2. The molecule has 2 aromatic carbocycles. The standard InChI is InChI=1S/C18H15ClF4N2O2/c1-10-3-4-11(20)7-13(10)17(27)25(2)9-16(26)24-12-5-6-15(19)14(8-12)18(21,22)23/h3-8H,9H2,1-2H3,(H,24,26). The lowest BCUT2D eigenvalue weighted by Gasteiger charge is -2.18. The van der Waals surface area contributed by atoms with Gasteiger partial charge in [0.05, 0.1) is 17.1 Å². The summed E-state index contributed by atoms with van der Waals surface area (Å²) in [5, 5.41) is 1.79. The van der Waals surface area contributed by atoms with Gasteiger partial charge in [-0.2, -0.15) is 13.2 Å². The van der Waals surface area contributed by atoms with Crippen molar-refractivity contribution in [2.24, 2.45) is 0 Å². The van der Waals surface area contributed by atoms with Crippen LogP contribution in [0.3, 0.4) is 0 Å². The average molecular weight is 403 g/mol. The summed E-state index contributed by atoms with van der Waals surface area (Å²) in [6.07, 6.45) is -4.67. The zero-order valence-electron chi connectivity index (χ0n) is 14.3. The van der Waals surface area contributed by atoms with Gasteiger partial charge in [0, 0.05) is 18.3 Å². The van der Waals surface area contributed by atoms with E-state index in [-0.39, 0.29) is 11.3 Å². The Kier molecular flexibility index (Phi) is 6.10. The molecular formula is C18H15ClF4N2O2. The van der Waals surface area contributed by atoms with E-state index < -0.39 is 40.9 Å². The summed E-state index contributed by atoms with van der Waals surface area (Å²) in [4.78, 5) is 25.5. The van der Waals surface area contributed by atoms with Gasteiger partial charge >= 0.3 is 6.18 Å². The van der Waals surface area contributed by atoms with Gasteiger partial charge in [-0.1, -0.05) is 17.7 Å². The van der Waals surface area contributed by atoms with Gasteiger partial charge in [-0.05, 0) is 42.8 Å². The Bertz CT molecular complexity index is 884. The third-order valence-corrected chi connectivity index (χ3v) is 4.04. The molecule has 144 valence electrons. The number of benzene rings is 2. The molecule has 0 aliphatic heterocycles. The molecule has 0 bridgehead atoms. The molecule has 0 atom stereocenters. The summed E-state index contributed by atoms with van der Waals surface area (Å²) in [6.45, 7) is 1.19. The van der Waals surface area contributed by atoms with E-state index in [0.717, 1.165) is 17.0 Å². The molecule has 2 rings (SSSR count). The summed E-state index contributed by atoms with van der Waals surface area (Å²) in [7, 11) is 1.33. The molecule has 0 aliphatic carbocycles. The van der Waals surface area contributed by atoms with Gasteiger partial charge in [-0.15, -0.1) is 0 Å². The van der Waals surface area contributed by atoms with Crippen LogP contribution in [0.15, 0.2) is 36.4 Å². The van der Waals surface area contributed by atoms with Crippen LogP contribution in [-0.2, 0) is 11.0 Å². The smallest absolute Gasteiger partial charge is 0.332 e. The Labute approximate surface area is 157 Å². The van der Waals surface area contributed by atoms with Crippen LogP contribution < -0.4 is 5.32 Å². The van der Waals surface area contributed by atoms with Crippen LogP contribution in [-0.4, -0.2) is 30.3 Å². The number of nitrogens with zero attached hydrogens (tertiary/aromatic N) is 1. The molecule has 0 unspecified atom stereocenters. The minimum Gasteiger partial charge on any atom is -0.332 e. The lowest BCUT2D eigenvalue weighted by atomic mass is 10.1. The van der Waals surface area contributed by atoms with E-state index in [1.807, 2.05) is 0 Å². The highest BCUT2D eigenvalue weighted by atomic mass is 35.5. The zero-order valence-corrected chi connectivity index (χ0v) is 15.1. The molecular weight excluding hydrogens is 388 g/mol. The van der Waals surface area contributed by atoms with Crippen molar-refractivity contribution in [3.05, 3.63) is 63.9 Å². The third kappa shape index (κ3) is 5.19. The van der Waals surface area contributed by atoms with Crippen molar-refractivity contribution in [2.45, 2.75) is 13.1 Å². The maximum absolute atomic E-state index is 13.3. The third-order valence-electron chi connectivity index (χ3n) is 3.71. The largest absolute Gasteiger partial charge is 0.417 e. The Morgan fingerprint density at radius 2 is 1.81 bits per heavy atom. The number of aryl methyl sites for hydroxylation is 1. The first-order valence-corrected chi connectivity index (χ1v) is 8.05. The topological polar surface area (TPSA) is 49.4 Å². The SMILES string of the molecule is Cc1ccc(F)cc1C(=O)N(C)CC(=O)Nc1ccc(Cl)c(C(F)(F)F)c1. The number of alkyl halides is 3. The maximum Gasteiger partial charge on any atom is 0.417 e. The molecule has 0 radical (unpaired) electrons. The van der Waals surface area contributed by atoms with E-state index in [9.17, 15) is 27.2 Å². The van der Waals surface area contributed by atoms with Crippen LogP contribution in [0.5, 0.6) is 0 Å². The molecule has 0 aliphatic rings. The molecule has 0 saturated carbocycles. The molecule has 0 spiro atoms. The molecule has 0 heterocycles. The Morgan fingerprint density at radius 3 is 2.44 bits per heavy atom. The maximum atomic E-state index is 13.3. The van der Waals surface area contributed by atoms with Gasteiger partial charge in [-0.25, -0.2) is 4.39 Å². The van der Waals surface area contributed by atoms with Gasteiger partial charge < -0.3 is 10.2 Å². The predicted octanol–water partition coefficient (Wildman–Crippen LogP) is 4.52. The summed E-state index contributed by atoms with van der Waals surface area (Å²) in [5.41, 5.74) is -0.571. The van der Waals surface area contributed by atoms with Crippen LogP contribution in [0.2, 0.25) is 5.02 Å². The second kappa shape index (κ2) is 7.96. The molecule has 0 saturated heterocycles. The number of rotatable bonds is 4. The van der Waals surface area contributed by atoms with Crippen molar-refractivity contribution >= 4 is 29.1 Å². The second-order valence-electron chi connectivity index (χ2n) is 5.86. The van der Waals surface area contributed by atoms with Crippen molar-refractivity contribution in [1.29, 1.82) is 0 Å². The van der Waals surface area contributed by atoms with Crippen LogP contribution in [0, 0.1) is 12.7 Å². The minimum absolute atomic E-state index is 0.0937. The van der Waals surface area contributed by atoms with Crippen molar-refractivity contribution in [2.75, 3.05) is 18.9 Å². The number of halogens is 5. The predicted molar refractivity (Wildman–Crippen MR) is 93.2 cm³/mol. The fourth-order valence-corrected chi connectivity index (χ4v) is 2.56. The quantitative estimate of drug-likeness (QED) is 0.764. The average Bonchev–Trinajstić information content (AvgIpc) is 2.57. The van der Waals surface area contributed by atoms with Crippen molar-refractivity contribution in [3.8, 4) is 0 Å². The highest BCUT2D eigenvalue weighted by molar-refractivity contribution is 6.31. The fourth-order valence-electron chi connectivity index (χ4n) is 2.34. The summed E-state index contributed by atoms with van der Waals surface area (Å²) in [6, 6.07) is 6.64. The van der Waals surface area contributed by atoms with Gasteiger partial charge in [-0.3, -0.25) is 9.59 Å². The van der Waals surface area contributed by atoms with Crippen LogP contribution >= 0.6 is 11.6 Å². The Balaban J connectivity index is 2.09. The van der Waals surface area contributed by atoms with E-state index in [0.29, 0.717) is 11.6 Å². The lowest BCUT2D eigenvalue weighted by molar-refractivity contribution is -0.137. The van der Waals surface area contributed by atoms with Crippen molar-refractivity contribution in [3.63, 3.8) is 0 Å². The first-order valence-electron chi connectivity index (χ1n) is 7.67. The molecule has 1 N–H and O–H groups in total. The van der Waals surface area contributed by atoms with Crippen LogP contribution in [0.1, 0.15) is 21.5 Å². The molecule has 4 nitrogen and oxygen atoms in total. The van der Waals surface area contributed by atoms with Crippen molar-refractivity contribution < 1.29 is 27.2 Å². The van der Waals surface area contributed by atoms with E-state index in [1.54, 1.807) is 6.92 Å². The van der Waals surface area contributed by atoms with Crippen LogP contribution in [0.4, 0.5) is 23.2 Å². The number of likely N-dealkylation sites (N-methyl/N-ethyl adjacent to an activating group) is 1. The molecule has 2 aromatic rings. The summed E-state index contributed by atoms with van der Waals surface area (Å²) >= 11 is 5.52. The number of carbonyl (C=O) groups excluding carboxylic acids is 2. The number of nitrogens with one attached hydrogen (secondary N) is 1. The number of carbonyl (C=O) groups is 2. The van der Waals surface area contributed by atoms with Crippen LogP contribution in [0.25, 0.3) is 0 Å². The molecule has 2 amide bonds. The molecule has 9 heteroatoms. The summed E-state index contributed by atoms with van der Waals surface area (Å²) in [5.74, 6) is -1.90. The Morgan fingerprint density at radius 1 is 1.15 bits per heavy atom. The molecule has 0 aromatic heterocycles.